The maximum atomic E-state index is 4.94. The van der Waals surface area contributed by atoms with Crippen molar-refractivity contribution in [3.63, 3.8) is 0 Å². The monoisotopic (exact) mass is 191 g/mol. The molecule has 0 radical (unpaired) electrons. The predicted octanol–water partition coefficient (Wildman–Crippen LogP) is 1.73. The second-order valence-corrected chi connectivity index (χ2v) is 3.35. The lowest BCUT2D eigenvalue weighted by Crippen LogP contribution is -2.04. The zero-order chi connectivity index (χ0) is 9.97. The van der Waals surface area contributed by atoms with Gasteiger partial charge in [-0.25, -0.2) is 0 Å². The zero-order valence-corrected chi connectivity index (χ0v) is 8.40. The van der Waals surface area contributed by atoms with E-state index >= 15 is 0 Å². The SMILES string of the molecule is Cc1ccc(C)n1CCc1ncno1. The first-order chi connectivity index (χ1) is 6.77. The number of aromatic nitrogens is 3. The molecule has 0 bridgehead atoms. The average Bonchev–Trinajstić information content (AvgIpc) is 2.76. The molecule has 0 atom stereocenters. The van der Waals surface area contributed by atoms with Crippen LogP contribution in [0.2, 0.25) is 0 Å². The second-order valence-electron chi connectivity index (χ2n) is 3.35. The molecule has 2 aromatic heterocycles. The van der Waals surface area contributed by atoms with Crippen molar-refractivity contribution in [2.24, 2.45) is 0 Å². The summed E-state index contributed by atoms with van der Waals surface area (Å²) in [4.78, 5) is 3.98. The van der Waals surface area contributed by atoms with Crippen molar-refractivity contribution >= 4 is 0 Å². The first kappa shape index (κ1) is 8.99. The molecule has 0 aliphatic heterocycles. The Morgan fingerprint density at radius 1 is 1.29 bits per heavy atom. The fourth-order valence-electron chi connectivity index (χ4n) is 1.57. The number of rotatable bonds is 3. The largest absolute Gasteiger partial charge is 0.349 e. The first-order valence-corrected chi connectivity index (χ1v) is 4.65. The normalized spacial score (nSPS) is 10.7. The van der Waals surface area contributed by atoms with E-state index in [1.54, 1.807) is 0 Å². The van der Waals surface area contributed by atoms with Crippen LogP contribution < -0.4 is 0 Å². The number of aryl methyl sites for hydroxylation is 3. The molecule has 0 aromatic carbocycles. The lowest BCUT2D eigenvalue weighted by Gasteiger charge is -2.06. The summed E-state index contributed by atoms with van der Waals surface area (Å²) in [7, 11) is 0. The number of nitrogens with zero attached hydrogens (tertiary/aromatic N) is 3. The molecule has 0 saturated carbocycles. The summed E-state index contributed by atoms with van der Waals surface area (Å²) in [6.45, 7) is 5.09. The molecule has 0 unspecified atom stereocenters. The highest BCUT2D eigenvalue weighted by molar-refractivity contribution is 5.13. The van der Waals surface area contributed by atoms with Gasteiger partial charge in [-0.2, -0.15) is 4.98 Å². The van der Waals surface area contributed by atoms with Crippen LogP contribution in [-0.4, -0.2) is 14.7 Å². The fourth-order valence-corrected chi connectivity index (χ4v) is 1.57. The van der Waals surface area contributed by atoms with Crippen molar-refractivity contribution in [2.45, 2.75) is 26.8 Å². The molecule has 0 saturated heterocycles. The van der Waals surface area contributed by atoms with E-state index in [0.29, 0.717) is 5.89 Å². The summed E-state index contributed by atoms with van der Waals surface area (Å²) >= 11 is 0. The molecule has 2 heterocycles. The van der Waals surface area contributed by atoms with E-state index in [0.717, 1.165) is 13.0 Å². The number of hydrogen-bond acceptors (Lipinski definition) is 3. The molecular weight excluding hydrogens is 178 g/mol. The Balaban J connectivity index is 2.05. The van der Waals surface area contributed by atoms with E-state index in [1.165, 1.54) is 17.7 Å². The van der Waals surface area contributed by atoms with Crippen LogP contribution >= 0.6 is 0 Å². The molecule has 0 spiro atoms. The standard InChI is InChI=1S/C10H13N3O/c1-8-3-4-9(2)13(8)6-5-10-11-7-12-14-10/h3-4,7H,5-6H2,1-2H3. The molecule has 4 nitrogen and oxygen atoms in total. The van der Waals surface area contributed by atoms with Crippen LogP contribution in [0.4, 0.5) is 0 Å². The van der Waals surface area contributed by atoms with Gasteiger partial charge in [0.15, 0.2) is 6.33 Å². The lowest BCUT2D eigenvalue weighted by molar-refractivity contribution is 0.370. The van der Waals surface area contributed by atoms with Gasteiger partial charge in [-0.15, -0.1) is 0 Å². The molecular formula is C10H13N3O. The molecule has 0 aliphatic rings. The minimum atomic E-state index is 0.692. The van der Waals surface area contributed by atoms with Gasteiger partial charge >= 0.3 is 0 Å². The van der Waals surface area contributed by atoms with Crippen molar-refractivity contribution in [3.05, 3.63) is 35.7 Å². The second kappa shape index (κ2) is 3.65. The third-order valence-corrected chi connectivity index (χ3v) is 2.37. The van der Waals surface area contributed by atoms with Crippen molar-refractivity contribution in [3.8, 4) is 0 Å². The van der Waals surface area contributed by atoms with Crippen molar-refractivity contribution in [2.75, 3.05) is 0 Å². The molecule has 4 heteroatoms. The highest BCUT2D eigenvalue weighted by Gasteiger charge is 2.03. The molecule has 0 aliphatic carbocycles. The summed E-state index contributed by atoms with van der Waals surface area (Å²) in [6, 6.07) is 4.23. The van der Waals surface area contributed by atoms with E-state index in [-0.39, 0.29) is 0 Å². The van der Waals surface area contributed by atoms with Gasteiger partial charge in [0.05, 0.1) is 0 Å². The van der Waals surface area contributed by atoms with E-state index in [9.17, 15) is 0 Å². The van der Waals surface area contributed by atoms with Crippen molar-refractivity contribution in [1.29, 1.82) is 0 Å². The Labute approximate surface area is 82.6 Å². The van der Waals surface area contributed by atoms with Gasteiger partial charge in [-0.1, -0.05) is 5.16 Å². The van der Waals surface area contributed by atoms with Crippen molar-refractivity contribution in [1.82, 2.24) is 14.7 Å². The van der Waals surface area contributed by atoms with E-state index in [1.807, 2.05) is 0 Å². The third-order valence-electron chi connectivity index (χ3n) is 2.37. The van der Waals surface area contributed by atoms with Crippen LogP contribution in [0, 0.1) is 13.8 Å². The molecule has 74 valence electrons. The maximum absolute atomic E-state index is 4.94. The maximum Gasteiger partial charge on any atom is 0.228 e. The first-order valence-electron chi connectivity index (χ1n) is 4.65. The highest BCUT2D eigenvalue weighted by Crippen LogP contribution is 2.08. The minimum Gasteiger partial charge on any atom is -0.349 e. The molecule has 2 rings (SSSR count). The van der Waals surface area contributed by atoms with Gasteiger partial charge in [-0.3, -0.25) is 0 Å². The van der Waals surface area contributed by atoms with Crippen LogP contribution in [0.5, 0.6) is 0 Å². The van der Waals surface area contributed by atoms with Gasteiger partial charge < -0.3 is 9.09 Å². The summed E-state index contributed by atoms with van der Waals surface area (Å²) in [5.41, 5.74) is 2.53. The quantitative estimate of drug-likeness (QED) is 0.742. The summed E-state index contributed by atoms with van der Waals surface area (Å²) in [6.07, 6.45) is 2.22. The van der Waals surface area contributed by atoms with Crippen LogP contribution in [0.1, 0.15) is 17.3 Å². The minimum absolute atomic E-state index is 0.692. The van der Waals surface area contributed by atoms with Crippen LogP contribution in [0.25, 0.3) is 0 Å². The molecule has 14 heavy (non-hydrogen) atoms. The third kappa shape index (κ3) is 1.69. The molecule has 2 aromatic rings. The topological polar surface area (TPSA) is 43.9 Å². The average molecular weight is 191 g/mol. The number of hydrogen-bond donors (Lipinski definition) is 0. The van der Waals surface area contributed by atoms with E-state index in [4.69, 9.17) is 4.52 Å². The summed E-state index contributed by atoms with van der Waals surface area (Å²) in [5, 5.41) is 3.57. The molecule has 0 amide bonds. The highest BCUT2D eigenvalue weighted by atomic mass is 16.5. The predicted molar refractivity (Wildman–Crippen MR) is 51.9 cm³/mol. The van der Waals surface area contributed by atoms with Crippen LogP contribution in [-0.2, 0) is 13.0 Å². The van der Waals surface area contributed by atoms with Crippen LogP contribution in [0.3, 0.4) is 0 Å². The van der Waals surface area contributed by atoms with Gasteiger partial charge in [0, 0.05) is 24.4 Å². The Hall–Kier alpha value is -1.58. The van der Waals surface area contributed by atoms with Crippen LogP contribution in [0.15, 0.2) is 23.0 Å². The van der Waals surface area contributed by atoms with E-state index < -0.39 is 0 Å². The molecule has 0 fully saturated rings. The summed E-state index contributed by atoms with van der Waals surface area (Å²) < 4.78 is 7.18. The Kier molecular flexibility index (Phi) is 2.35. The fraction of sp³-hybridized carbons (Fsp3) is 0.400. The van der Waals surface area contributed by atoms with Gasteiger partial charge in [-0.05, 0) is 26.0 Å². The Bertz CT molecular complexity index is 383. The zero-order valence-electron chi connectivity index (χ0n) is 8.40. The lowest BCUT2D eigenvalue weighted by atomic mass is 10.4. The summed E-state index contributed by atoms with van der Waals surface area (Å²) in [5.74, 6) is 0.692. The molecule has 0 N–H and O–H groups in total. The van der Waals surface area contributed by atoms with Crippen molar-refractivity contribution < 1.29 is 4.52 Å². The Morgan fingerprint density at radius 2 is 2.00 bits per heavy atom. The Morgan fingerprint density at radius 3 is 2.57 bits per heavy atom. The van der Waals surface area contributed by atoms with Gasteiger partial charge in [0.25, 0.3) is 0 Å². The van der Waals surface area contributed by atoms with Gasteiger partial charge in [0.1, 0.15) is 0 Å². The smallest absolute Gasteiger partial charge is 0.228 e. The van der Waals surface area contributed by atoms with Gasteiger partial charge in [0.2, 0.25) is 5.89 Å². The van der Waals surface area contributed by atoms with E-state index in [2.05, 4.69) is 40.7 Å².